The fourth-order valence-electron chi connectivity index (χ4n) is 3.22. The highest BCUT2D eigenvalue weighted by molar-refractivity contribution is 9.10. The van der Waals surface area contributed by atoms with Crippen molar-refractivity contribution in [1.29, 1.82) is 0 Å². The van der Waals surface area contributed by atoms with Gasteiger partial charge >= 0.3 is 0 Å². The van der Waals surface area contributed by atoms with E-state index >= 15 is 0 Å². The molecule has 0 aliphatic rings. The molecular weight excluding hydrogens is 478 g/mol. The van der Waals surface area contributed by atoms with Crippen LogP contribution in [0.3, 0.4) is 0 Å². The van der Waals surface area contributed by atoms with Gasteiger partial charge in [0.15, 0.2) is 0 Å². The number of carbonyl (C=O) groups excluding carboxylic acids is 1. The van der Waals surface area contributed by atoms with Gasteiger partial charge in [-0.3, -0.25) is 14.9 Å². The molecule has 0 atom stereocenters. The molecule has 0 saturated heterocycles. The number of aromatic nitrogens is 1. The minimum absolute atomic E-state index is 0.0469. The van der Waals surface area contributed by atoms with Crippen LogP contribution in [0.15, 0.2) is 58.1 Å². The van der Waals surface area contributed by atoms with Crippen LogP contribution in [0.2, 0.25) is 0 Å². The number of nitro groups is 1. The van der Waals surface area contributed by atoms with Gasteiger partial charge in [0.2, 0.25) is 0 Å². The summed E-state index contributed by atoms with van der Waals surface area (Å²) in [6.45, 7) is 3.88. The molecule has 3 rings (SSSR count). The number of aryl methyl sites for hydroxylation is 1. The monoisotopic (exact) mass is 499 g/mol. The first-order valence-corrected chi connectivity index (χ1v) is 10.4. The van der Waals surface area contributed by atoms with Crippen molar-refractivity contribution in [1.82, 2.24) is 9.99 Å². The number of hydrogen-bond donors (Lipinski definition) is 2. The van der Waals surface area contributed by atoms with Gasteiger partial charge in [-0.25, -0.2) is 5.43 Å². The molecule has 0 unspecified atom stereocenters. The highest BCUT2D eigenvalue weighted by Crippen LogP contribution is 2.31. The average molecular weight is 500 g/mol. The van der Waals surface area contributed by atoms with E-state index in [-0.39, 0.29) is 18.1 Å². The van der Waals surface area contributed by atoms with E-state index in [4.69, 9.17) is 4.74 Å². The molecule has 0 aliphatic heterocycles. The van der Waals surface area contributed by atoms with Crippen molar-refractivity contribution < 1.29 is 14.5 Å². The van der Waals surface area contributed by atoms with Gasteiger partial charge < -0.3 is 14.6 Å². The van der Waals surface area contributed by atoms with Crippen molar-refractivity contribution in [3.05, 3.63) is 80.1 Å². The van der Waals surface area contributed by atoms with E-state index in [9.17, 15) is 14.9 Å². The van der Waals surface area contributed by atoms with Gasteiger partial charge in [-0.15, -0.1) is 0 Å². The molecule has 10 heteroatoms. The van der Waals surface area contributed by atoms with Gasteiger partial charge in [0.25, 0.3) is 11.6 Å². The number of benzene rings is 2. The van der Waals surface area contributed by atoms with E-state index in [0.29, 0.717) is 11.4 Å². The lowest BCUT2D eigenvalue weighted by Gasteiger charge is -2.13. The molecule has 0 saturated carbocycles. The summed E-state index contributed by atoms with van der Waals surface area (Å²) in [5, 5.41) is 18.1. The second-order valence-corrected chi connectivity index (χ2v) is 7.84. The molecule has 1 aromatic heterocycles. The molecule has 2 aromatic carbocycles. The van der Waals surface area contributed by atoms with Crippen molar-refractivity contribution >= 4 is 39.4 Å². The molecule has 1 heterocycles. The van der Waals surface area contributed by atoms with Crippen LogP contribution in [0.5, 0.6) is 5.75 Å². The molecule has 0 spiro atoms. The molecule has 0 radical (unpaired) electrons. The minimum atomic E-state index is -0.464. The number of nitro benzene ring substituents is 1. The molecule has 0 aliphatic carbocycles. The SMILES string of the molecule is COc1cc([N+](=O)[O-])ccc1-n1c(C)cc(/C=N\NC(=O)CNc2ccc(Br)cc2)c1C. The van der Waals surface area contributed by atoms with Crippen LogP contribution in [0, 0.1) is 24.0 Å². The number of nitrogens with zero attached hydrogens (tertiary/aromatic N) is 3. The standard InChI is InChI=1S/C22H22BrN5O4/c1-14-10-16(12-25-26-22(29)13-24-18-6-4-17(23)5-7-18)15(2)27(14)20-9-8-19(28(30)31)11-21(20)32-3/h4-12,24H,13H2,1-3H3,(H,26,29)/b25-12-. The van der Waals surface area contributed by atoms with Crippen LogP contribution in [-0.4, -0.2) is 35.3 Å². The topological polar surface area (TPSA) is 111 Å². The Bertz CT molecular complexity index is 1170. The zero-order chi connectivity index (χ0) is 23.3. The number of hydrogen-bond acceptors (Lipinski definition) is 6. The molecule has 2 N–H and O–H groups in total. The van der Waals surface area contributed by atoms with Gasteiger partial charge in [-0.1, -0.05) is 15.9 Å². The van der Waals surface area contributed by atoms with Gasteiger partial charge in [0.05, 0.1) is 36.5 Å². The molecule has 0 bridgehead atoms. The number of halogens is 1. The second-order valence-electron chi connectivity index (χ2n) is 6.93. The van der Waals surface area contributed by atoms with Crippen molar-refractivity contribution in [3.8, 4) is 11.4 Å². The van der Waals surface area contributed by atoms with Gasteiger partial charge in [-0.2, -0.15) is 5.10 Å². The summed E-state index contributed by atoms with van der Waals surface area (Å²) >= 11 is 3.36. The highest BCUT2D eigenvalue weighted by Gasteiger charge is 2.17. The fraction of sp³-hybridized carbons (Fsp3) is 0.182. The molecule has 9 nitrogen and oxygen atoms in total. The van der Waals surface area contributed by atoms with Crippen LogP contribution in [0.4, 0.5) is 11.4 Å². The molecular formula is C22H22BrN5O4. The van der Waals surface area contributed by atoms with Gasteiger partial charge in [0, 0.05) is 33.2 Å². The number of methoxy groups -OCH3 is 1. The first-order valence-electron chi connectivity index (χ1n) is 9.63. The maximum absolute atomic E-state index is 12.0. The number of non-ortho nitro benzene ring substituents is 1. The third-order valence-electron chi connectivity index (χ3n) is 4.78. The fourth-order valence-corrected chi connectivity index (χ4v) is 3.48. The summed E-state index contributed by atoms with van der Waals surface area (Å²) in [5.41, 5.74) is 6.49. The lowest BCUT2D eigenvalue weighted by atomic mass is 10.2. The van der Waals surface area contributed by atoms with E-state index in [1.165, 1.54) is 19.2 Å². The van der Waals surface area contributed by atoms with Crippen molar-refractivity contribution in [2.24, 2.45) is 5.10 Å². The Hall–Kier alpha value is -3.66. The summed E-state index contributed by atoms with van der Waals surface area (Å²) < 4.78 is 8.24. The zero-order valence-electron chi connectivity index (χ0n) is 17.8. The first kappa shape index (κ1) is 23.0. The van der Waals surface area contributed by atoms with Gasteiger partial charge in [-0.05, 0) is 50.2 Å². The highest BCUT2D eigenvalue weighted by atomic mass is 79.9. The Morgan fingerprint density at radius 1 is 1.22 bits per heavy atom. The van der Waals surface area contributed by atoms with Crippen LogP contribution in [-0.2, 0) is 4.79 Å². The Morgan fingerprint density at radius 2 is 1.94 bits per heavy atom. The summed E-state index contributed by atoms with van der Waals surface area (Å²) in [6.07, 6.45) is 1.56. The normalized spacial score (nSPS) is 10.9. The molecule has 1 amide bonds. The smallest absolute Gasteiger partial charge is 0.273 e. The molecule has 3 aromatic rings. The van der Waals surface area contributed by atoms with Crippen LogP contribution in [0.25, 0.3) is 5.69 Å². The largest absolute Gasteiger partial charge is 0.494 e. The number of nitrogens with one attached hydrogen (secondary N) is 2. The number of carbonyl (C=O) groups is 1. The third-order valence-corrected chi connectivity index (χ3v) is 5.30. The summed E-state index contributed by atoms with van der Waals surface area (Å²) in [5.74, 6) is 0.104. The van der Waals surface area contributed by atoms with Crippen LogP contribution in [0.1, 0.15) is 17.0 Å². The number of anilines is 1. The number of amides is 1. The third kappa shape index (κ3) is 5.33. The lowest BCUT2D eigenvalue weighted by Crippen LogP contribution is -2.25. The Kier molecular flexibility index (Phi) is 7.26. The summed E-state index contributed by atoms with van der Waals surface area (Å²) in [6, 6.07) is 13.9. The molecule has 0 fully saturated rings. The Labute approximate surface area is 193 Å². The van der Waals surface area contributed by atoms with E-state index in [0.717, 1.165) is 27.1 Å². The second kappa shape index (κ2) is 10.1. The predicted molar refractivity (Wildman–Crippen MR) is 127 cm³/mol. The minimum Gasteiger partial charge on any atom is -0.494 e. The van der Waals surface area contributed by atoms with E-state index in [1.54, 1.807) is 12.3 Å². The zero-order valence-corrected chi connectivity index (χ0v) is 19.3. The number of hydrazone groups is 1. The lowest BCUT2D eigenvalue weighted by molar-refractivity contribution is -0.384. The maximum Gasteiger partial charge on any atom is 0.273 e. The summed E-state index contributed by atoms with van der Waals surface area (Å²) in [4.78, 5) is 22.6. The van der Waals surface area contributed by atoms with Crippen molar-refractivity contribution in [2.45, 2.75) is 13.8 Å². The number of ether oxygens (including phenoxy) is 1. The van der Waals surface area contributed by atoms with E-state index in [1.807, 2.05) is 48.7 Å². The average Bonchev–Trinajstić information content (AvgIpc) is 3.05. The van der Waals surface area contributed by atoms with Gasteiger partial charge in [0.1, 0.15) is 5.75 Å². The quantitative estimate of drug-likeness (QED) is 0.272. The number of rotatable bonds is 8. The Balaban J connectivity index is 1.71. The van der Waals surface area contributed by atoms with Crippen LogP contribution < -0.4 is 15.5 Å². The van der Waals surface area contributed by atoms with E-state index < -0.39 is 4.92 Å². The summed E-state index contributed by atoms with van der Waals surface area (Å²) in [7, 11) is 1.47. The molecule has 32 heavy (non-hydrogen) atoms. The first-order chi connectivity index (χ1) is 15.3. The van der Waals surface area contributed by atoms with Crippen molar-refractivity contribution in [3.63, 3.8) is 0 Å². The maximum atomic E-state index is 12.0. The van der Waals surface area contributed by atoms with Crippen molar-refractivity contribution in [2.75, 3.05) is 19.0 Å². The molecule has 166 valence electrons. The Morgan fingerprint density at radius 3 is 2.59 bits per heavy atom. The van der Waals surface area contributed by atoms with E-state index in [2.05, 4.69) is 31.8 Å². The van der Waals surface area contributed by atoms with Crippen LogP contribution >= 0.6 is 15.9 Å². The predicted octanol–water partition coefficient (Wildman–Crippen LogP) is 4.34.